The number of nitrogens with one attached hydrogen (secondary N) is 2. The van der Waals surface area contributed by atoms with E-state index in [0.29, 0.717) is 11.5 Å². The topological polar surface area (TPSA) is 117 Å². The van der Waals surface area contributed by atoms with Gasteiger partial charge < -0.3 is 5.11 Å². The highest BCUT2D eigenvalue weighted by atomic mass is 32.2. The Balaban J connectivity index is 1.75. The summed E-state index contributed by atoms with van der Waals surface area (Å²) in [4.78, 5) is 8.39. The molecule has 0 saturated heterocycles. The number of phenolic OH excluding ortho intramolecular Hbond substituents is 1. The van der Waals surface area contributed by atoms with Crippen LogP contribution in [0.1, 0.15) is 16.8 Å². The van der Waals surface area contributed by atoms with Gasteiger partial charge in [-0.15, -0.1) is 0 Å². The van der Waals surface area contributed by atoms with E-state index in [-0.39, 0.29) is 16.6 Å². The second-order valence-electron chi connectivity index (χ2n) is 6.10. The third kappa shape index (κ3) is 5.04. The number of aryl methyl sites for hydroxylation is 2. The first-order valence-corrected chi connectivity index (χ1v) is 9.83. The molecule has 0 aliphatic rings. The van der Waals surface area contributed by atoms with Gasteiger partial charge in [-0.25, -0.2) is 18.1 Å². The van der Waals surface area contributed by atoms with Crippen molar-refractivity contribution in [3.63, 3.8) is 0 Å². The Labute approximate surface area is 163 Å². The summed E-state index contributed by atoms with van der Waals surface area (Å²) in [6.45, 7) is 3.60. The minimum atomic E-state index is -3.80. The fraction of sp³-hybridized carbons (Fsp3) is 0.105. The number of sulfonamides is 1. The van der Waals surface area contributed by atoms with Gasteiger partial charge in [-0.1, -0.05) is 17.7 Å². The Bertz CT molecular complexity index is 1100. The molecule has 3 aromatic rings. The van der Waals surface area contributed by atoms with Crippen molar-refractivity contribution in [1.82, 2.24) is 9.97 Å². The van der Waals surface area contributed by atoms with Crippen molar-refractivity contribution in [3.8, 4) is 5.75 Å². The first-order chi connectivity index (χ1) is 13.3. The quantitative estimate of drug-likeness (QED) is 0.435. The van der Waals surface area contributed by atoms with E-state index in [1.165, 1.54) is 12.1 Å². The lowest BCUT2D eigenvalue weighted by Crippen LogP contribution is -2.15. The number of nitrogens with zero attached hydrogens (tertiary/aromatic N) is 3. The van der Waals surface area contributed by atoms with Crippen LogP contribution < -0.4 is 10.1 Å². The maximum Gasteiger partial charge on any atom is 0.264 e. The van der Waals surface area contributed by atoms with Crippen LogP contribution in [0.2, 0.25) is 0 Å². The zero-order valence-electron chi connectivity index (χ0n) is 15.3. The van der Waals surface area contributed by atoms with Crippen molar-refractivity contribution >= 4 is 28.0 Å². The smallest absolute Gasteiger partial charge is 0.264 e. The summed E-state index contributed by atoms with van der Waals surface area (Å²) in [5.41, 5.74) is 5.05. The number of hydrazone groups is 1. The Hall–Kier alpha value is -3.46. The van der Waals surface area contributed by atoms with E-state index in [2.05, 4.69) is 25.2 Å². The van der Waals surface area contributed by atoms with Gasteiger partial charge in [-0.05, 0) is 55.8 Å². The number of rotatable bonds is 6. The molecule has 0 aliphatic carbocycles. The molecule has 3 rings (SSSR count). The molecule has 0 spiro atoms. The molecular formula is C19H19N5O3S. The molecule has 144 valence electrons. The minimum Gasteiger partial charge on any atom is -0.508 e. The molecule has 0 aliphatic heterocycles. The summed E-state index contributed by atoms with van der Waals surface area (Å²) in [6.07, 6.45) is 1.55. The summed E-state index contributed by atoms with van der Waals surface area (Å²) < 4.78 is 27.4. The second kappa shape index (κ2) is 8.05. The van der Waals surface area contributed by atoms with Gasteiger partial charge in [-0.3, -0.25) is 5.43 Å². The van der Waals surface area contributed by atoms with E-state index in [4.69, 9.17) is 0 Å². The third-order valence-electron chi connectivity index (χ3n) is 3.70. The number of aromatic hydroxyl groups is 1. The number of phenols is 1. The maximum absolute atomic E-state index is 12.5. The molecule has 0 bridgehead atoms. The fourth-order valence-electron chi connectivity index (χ4n) is 2.30. The van der Waals surface area contributed by atoms with Crippen LogP contribution in [-0.2, 0) is 10.0 Å². The lowest BCUT2D eigenvalue weighted by Gasteiger charge is -2.09. The lowest BCUT2D eigenvalue weighted by molar-refractivity contribution is 0.475. The van der Waals surface area contributed by atoms with Crippen LogP contribution in [0.15, 0.2) is 64.6 Å². The number of hydrogen-bond donors (Lipinski definition) is 3. The number of aromatic nitrogens is 2. The Morgan fingerprint density at radius 3 is 2.36 bits per heavy atom. The van der Waals surface area contributed by atoms with Gasteiger partial charge in [-0.2, -0.15) is 10.1 Å². The van der Waals surface area contributed by atoms with Crippen molar-refractivity contribution in [3.05, 3.63) is 71.4 Å². The standard InChI is InChI=1S/C19H19N5O3S/c1-13-3-9-17(10-4-13)28(26,27)24-19-21-14(2)11-18(22-19)23-20-12-15-5-7-16(25)8-6-15/h3-12,25H,1-2H3,(H2,21,22,23,24)/b20-12+. The predicted octanol–water partition coefficient (Wildman–Crippen LogP) is 3.05. The molecule has 0 fully saturated rings. The monoisotopic (exact) mass is 397 g/mol. The SMILES string of the molecule is Cc1ccc(S(=O)(=O)Nc2nc(C)cc(N/N=C/c3ccc(O)cc3)n2)cc1. The Morgan fingerprint density at radius 2 is 1.68 bits per heavy atom. The van der Waals surface area contributed by atoms with Gasteiger partial charge in [0, 0.05) is 11.8 Å². The van der Waals surface area contributed by atoms with Crippen molar-refractivity contribution in [1.29, 1.82) is 0 Å². The summed E-state index contributed by atoms with van der Waals surface area (Å²) in [5.74, 6) is 0.453. The van der Waals surface area contributed by atoms with Crippen LogP contribution in [0.5, 0.6) is 5.75 Å². The van der Waals surface area contributed by atoms with Crippen molar-refractivity contribution < 1.29 is 13.5 Å². The van der Waals surface area contributed by atoms with Gasteiger partial charge >= 0.3 is 0 Å². The molecular weight excluding hydrogens is 378 g/mol. The summed E-state index contributed by atoms with van der Waals surface area (Å²) in [5, 5.41) is 13.3. The maximum atomic E-state index is 12.5. The van der Waals surface area contributed by atoms with Crippen LogP contribution in [0.4, 0.5) is 11.8 Å². The average molecular weight is 397 g/mol. The molecule has 1 heterocycles. The van der Waals surface area contributed by atoms with Crippen LogP contribution >= 0.6 is 0 Å². The average Bonchev–Trinajstić information content (AvgIpc) is 2.63. The molecule has 0 unspecified atom stereocenters. The first-order valence-electron chi connectivity index (χ1n) is 8.35. The highest BCUT2D eigenvalue weighted by molar-refractivity contribution is 7.92. The highest BCUT2D eigenvalue weighted by Crippen LogP contribution is 2.16. The largest absolute Gasteiger partial charge is 0.508 e. The number of anilines is 2. The Morgan fingerprint density at radius 1 is 1.00 bits per heavy atom. The molecule has 0 saturated carbocycles. The van der Waals surface area contributed by atoms with Gasteiger partial charge in [0.05, 0.1) is 11.1 Å². The number of benzene rings is 2. The Kier molecular flexibility index (Phi) is 5.55. The zero-order valence-corrected chi connectivity index (χ0v) is 16.1. The summed E-state index contributed by atoms with van der Waals surface area (Å²) in [7, 11) is -3.80. The van der Waals surface area contributed by atoms with Gasteiger partial charge in [0.1, 0.15) is 5.75 Å². The molecule has 28 heavy (non-hydrogen) atoms. The highest BCUT2D eigenvalue weighted by Gasteiger charge is 2.16. The zero-order chi connectivity index (χ0) is 20.1. The molecule has 0 atom stereocenters. The molecule has 8 nitrogen and oxygen atoms in total. The summed E-state index contributed by atoms with van der Waals surface area (Å²) >= 11 is 0. The van der Waals surface area contributed by atoms with Crippen molar-refractivity contribution in [2.45, 2.75) is 18.7 Å². The first kappa shape index (κ1) is 19.3. The molecule has 9 heteroatoms. The molecule has 0 amide bonds. The molecule has 3 N–H and O–H groups in total. The van der Waals surface area contributed by atoms with Crippen LogP contribution in [0.25, 0.3) is 0 Å². The van der Waals surface area contributed by atoms with Crippen LogP contribution in [-0.4, -0.2) is 29.7 Å². The van der Waals surface area contributed by atoms with Crippen molar-refractivity contribution in [2.24, 2.45) is 5.10 Å². The molecule has 2 aromatic carbocycles. The van der Waals surface area contributed by atoms with E-state index in [0.717, 1.165) is 11.1 Å². The summed E-state index contributed by atoms with van der Waals surface area (Å²) in [6, 6.07) is 14.6. The fourth-order valence-corrected chi connectivity index (χ4v) is 3.25. The van der Waals surface area contributed by atoms with E-state index >= 15 is 0 Å². The van der Waals surface area contributed by atoms with Crippen LogP contribution in [0.3, 0.4) is 0 Å². The van der Waals surface area contributed by atoms with E-state index < -0.39 is 10.0 Å². The van der Waals surface area contributed by atoms with Gasteiger partial charge in [0.25, 0.3) is 10.0 Å². The van der Waals surface area contributed by atoms with E-state index in [1.807, 2.05) is 6.92 Å². The second-order valence-corrected chi connectivity index (χ2v) is 7.78. The van der Waals surface area contributed by atoms with Crippen LogP contribution in [0, 0.1) is 13.8 Å². The normalized spacial score (nSPS) is 11.5. The van der Waals surface area contributed by atoms with E-state index in [9.17, 15) is 13.5 Å². The van der Waals surface area contributed by atoms with Gasteiger partial charge in [0.2, 0.25) is 5.95 Å². The van der Waals surface area contributed by atoms with Gasteiger partial charge in [0.15, 0.2) is 5.82 Å². The molecule has 0 radical (unpaired) electrons. The third-order valence-corrected chi connectivity index (χ3v) is 5.04. The minimum absolute atomic E-state index is 0.0529. The van der Waals surface area contributed by atoms with E-state index in [1.54, 1.807) is 55.6 Å². The molecule has 1 aromatic heterocycles. The van der Waals surface area contributed by atoms with Crippen molar-refractivity contribution in [2.75, 3.05) is 10.1 Å². The lowest BCUT2D eigenvalue weighted by atomic mass is 10.2. The number of hydrogen-bond acceptors (Lipinski definition) is 7. The predicted molar refractivity (Wildman–Crippen MR) is 108 cm³/mol.